The van der Waals surface area contributed by atoms with Gasteiger partial charge in [0.15, 0.2) is 5.17 Å². The first-order valence-electron chi connectivity index (χ1n) is 6.38. The van der Waals surface area contributed by atoms with E-state index in [1.54, 1.807) is 7.11 Å². The Morgan fingerprint density at radius 1 is 1.32 bits per heavy atom. The van der Waals surface area contributed by atoms with Crippen molar-refractivity contribution in [2.45, 2.75) is 26.3 Å². The Hall–Kier alpha value is -1.36. The van der Waals surface area contributed by atoms with Gasteiger partial charge in [0.05, 0.1) is 13.7 Å². The second kappa shape index (κ2) is 8.69. The van der Waals surface area contributed by atoms with Crippen molar-refractivity contribution in [1.82, 2.24) is 0 Å². The number of thioether (sulfide) groups is 1. The quantitative estimate of drug-likeness (QED) is 0.474. The van der Waals surface area contributed by atoms with Gasteiger partial charge in [-0.05, 0) is 37.6 Å². The number of ether oxygens (including phenoxy) is 2. The van der Waals surface area contributed by atoms with Gasteiger partial charge in [-0.15, -0.1) is 0 Å². The minimum Gasteiger partial charge on any atom is -0.497 e. The predicted octanol–water partition coefficient (Wildman–Crippen LogP) is 2.92. The smallest absolute Gasteiger partial charge is 0.154 e. The summed E-state index contributed by atoms with van der Waals surface area (Å²) in [6.45, 7) is 4.76. The van der Waals surface area contributed by atoms with Crippen molar-refractivity contribution in [1.29, 1.82) is 0 Å². The molecule has 0 aliphatic heterocycles. The molecule has 5 heteroatoms. The number of aliphatic imine (C=N–C) groups is 1. The van der Waals surface area contributed by atoms with Crippen LogP contribution in [-0.2, 0) is 0 Å². The fourth-order valence-corrected chi connectivity index (χ4v) is 1.95. The van der Waals surface area contributed by atoms with Gasteiger partial charge in [-0.2, -0.15) is 0 Å². The summed E-state index contributed by atoms with van der Waals surface area (Å²) in [7, 11) is 1.64. The molecular formula is C14H22N2O2S. The first-order valence-corrected chi connectivity index (χ1v) is 7.37. The molecule has 1 rings (SSSR count). The van der Waals surface area contributed by atoms with E-state index in [-0.39, 0.29) is 6.04 Å². The van der Waals surface area contributed by atoms with Crippen molar-refractivity contribution in [3.05, 3.63) is 24.3 Å². The number of benzene rings is 1. The number of rotatable bonds is 7. The molecule has 0 heterocycles. The van der Waals surface area contributed by atoms with Crippen LogP contribution in [0, 0.1) is 0 Å². The first-order chi connectivity index (χ1) is 9.15. The average Bonchev–Trinajstić information content (AvgIpc) is 2.44. The van der Waals surface area contributed by atoms with E-state index in [0.717, 1.165) is 23.7 Å². The van der Waals surface area contributed by atoms with Crippen LogP contribution in [0.2, 0.25) is 0 Å². The number of nitrogens with two attached hydrogens (primary N) is 1. The monoisotopic (exact) mass is 282 g/mol. The van der Waals surface area contributed by atoms with Gasteiger partial charge >= 0.3 is 0 Å². The highest BCUT2D eigenvalue weighted by atomic mass is 32.2. The van der Waals surface area contributed by atoms with E-state index in [2.05, 4.69) is 18.8 Å². The van der Waals surface area contributed by atoms with Crippen LogP contribution in [0.25, 0.3) is 0 Å². The van der Waals surface area contributed by atoms with E-state index >= 15 is 0 Å². The van der Waals surface area contributed by atoms with E-state index in [1.807, 2.05) is 24.3 Å². The third-order valence-corrected chi connectivity index (χ3v) is 3.37. The van der Waals surface area contributed by atoms with Crippen LogP contribution in [0.3, 0.4) is 0 Å². The highest BCUT2D eigenvalue weighted by Gasteiger charge is 2.00. The van der Waals surface area contributed by atoms with Crippen molar-refractivity contribution >= 4 is 16.9 Å². The van der Waals surface area contributed by atoms with Gasteiger partial charge in [0, 0.05) is 11.8 Å². The molecule has 1 atom stereocenters. The lowest BCUT2D eigenvalue weighted by atomic mass is 10.3. The molecule has 0 saturated carbocycles. The lowest BCUT2D eigenvalue weighted by Crippen LogP contribution is -2.13. The van der Waals surface area contributed by atoms with E-state index in [4.69, 9.17) is 15.2 Å². The number of nitrogens with zero attached hydrogens (tertiary/aromatic N) is 1. The van der Waals surface area contributed by atoms with Crippen LogP contribution >= 0.6 is 11.8 Å². The lowest BCUT2D eigenvalue weighted by molar-refractivity contribution is 0.343. The zero-order valence-electron chi connectivity index (χ0n) is 11.8. The second-order valence-electron chi connectivity index (χ2n) is 4.10. The molecule has 0 bridgehead atoms. The zero-order chi connectivity index (χ0) is 14.1. The molecule has 0 aromatic heterocycles. The van der Waals surface area contributed by atoms with Gasteiger partial charge in [-0.3, -0.25) is 4.99 Å². The van der Waals surface area contributed by atoms with E-state index in [9.17, 15) is 0 Å². The van der Waals surface area contributed by atoms with E-state index in [1.165, 1.54) is 11.8 Å². The fraction of sp³-hybridized carbons (Fsp3) is 0.500. The Bertz CT molecular complexity index is 393. The van der Waals surface area contributed by atoms with Crippen molar-refractivity contribution in [3.8, 4) is 11.5 Å². The maximum atomic E-state index is 5.81. The summed E-state index contributed by atoms with van der Waals surface area (Å²) < 4.78 is 10.7. The SMILES string of the molecule is CC[C@@H](C)N=C(N)SCCOc1ccc(OC)cc1. The van der Waals surface area contributed by atoms with Crippen molar-refractivity contribution in [3.63, 3.8) is 0 Å². The first kappa shape index (κ1) is 15.7. The highest BCUT2D eigenvalue weighted by Crippen LogP contribution is 2.17. The molecule has 2 N–H and O–H groups in total. The number of hydrogen-bond acceptors (Lipinski definition) is 4. The zero-order valence-corrected chi connectivity index (χ0v) is 12.6. The third kappa shape index (κ3) is 6.38. The molecule has 0 unspecified atom stereocenters. The van der Waals surface area contributed by atoms with E-state index in [0.29, 0.717) is 11.8 Å². The summed E-state index contributed by atoms with van der Waals surface area (Å²) >= 11 is 1.53. The number of methoxy groups -OCH3 is 1. The molecule has 0 spiro atoms. The molecule has 19 heavy (non-hydrogen) atoms. The second-order valence-corrected chi connectivity index (χ2v) is 5.21. The molecule has 0 amide bonds. The summed E-state index contributed by atoms with van der Waals surface area (Å²) in [5.41, 5.74) is 5.81. The van der Waals surface area contributed by atoms with Crippen molar-refractivity contribution in [2.75, 3.05) is 19.5 Å². The summed E-state index contributed by atoms with van der Waals surface area (Å²) in [6, 6.07) is 7.82. The third-order valence-electron chi connectivity index (χ3n) is 2.60. The molecule has 0 aliphatic rings. The Balaban J connectivity index is 2.25. The van der Waals surface area contributed by atoms with Crippen LogP contribution in [0.1, 0.15) is 20.3 Å². The molecule has 106 valence electrons. The fourth-order valence-electron chi connectivity index (χ4n) is 1.32. The van der Waals surface area contributed by atoms with Crippen LogP contribution in [-0.4, -0.2) is 30.7 Å². The minimum atomic E-state index is 0.287. The molecule has 0 fully saturated rings. The van der Waals surface area contributed by atoms with Crippen LogP contribution in [0.4, 0.5) is 0 Å². The Kier molecular flexibility index (Phi) is 7.18. The van der Waals surface area contributed by atoms with Gasteiger partial charge in [-0.25, -0.2) is 0 Å². The largest absolute Gasteiger partial charge is 0.497 e. The van der Waals surface area contributed by atoms with Crippen LogP contribution in [0.5, 0.6) is 11.5 Å². The van der Waals surface area contributed by atoms with Gasteiger partial charge < -0.3 is 15.2 Å². The maximum Gasteiger partial charge on any atom is 0.154 e. The highest BCUT2D eigenvalue weighted by molar-refractivity contribution is 8.13. The standard InChI is InChI=1S/C14H22N2O2S/c1-4-11(2)16-14(15)19-10-9-18-13-7-5-12(17-3)6-8-13/h5-8,11H,4,9-10H2,1-3H3,(H2,15,16)/t11-/m1/s1. The van der Waals surface area contributed by atoms with Crippen LogP contribution < -0.4 is 15.2 Å². The van der Waals surface area contributed by atoms with Gasteiger partial charge in [-0.1, -0.05) is 18.7 Å². The van der Waals surface area contributed by atoms with Gasteiger partial charge in [0.25, 0.3) is 0 Å². The van der Waals surface area contributed by atoms with E-state index < -0.39 is 0 Å². The molecule has 1 aromatic rings. The maximum absolute atomic E-state index is 5.81. The molecule has 0 saturated heterocycles. The van der Waals surface area contributed by atoms with Gasteiger partial charge in [0.2, 0.25) is 0 Å². The Morgan fingerprint density at radius 2 is 1.95 bits per heavy atom. The summed E-state index contributed by atoms with van der Waals surface area (Å²) in [5, 5.41) is 0.632. The Labute approximate surface area is 119 Å². The molecule has 0 aliphatic carbocycles. The normalized spacial score (nSPS) is 13.1. The predicted molar refractivity (Wildman–Crippen MR) is 82.3 cm³/mol. The van der Waals surface area contributed by atoms with Crippen molar-refractivity contribution < 1.29 is 9.47 Å². The molecule has 0 radical (unpaired) electrons. The minimum absolute atomic E-state index is 0.287. The summed E-state index contributed by atoms with van der Waals surface area (Å²) in [6.07, 6.45) is 1.00. The van der Waals surface area contributed by atoms with Crippen LogP contribution in [0.15, 0.2) is 29.3 Å². The van der Waals surface area contributed by atoms with Gasteiger partial charge in [0.1, 0.15) is 11.5 Å². The average molecular weight is 282 g/mol. The molecular weight excluding hydrogens is 260 g/mol. The van der Waals surface area contributed by atoms with Crippen molar-refractivity contribution in [2.24, 2.45) is 10.7 Å². The topological polar surface area (TPSA) is 56.8 Å². The Morgan fingerprint density at radius 3 is 2.53 bits per heavy atom. The summed E-state index contributed by atoms with van der Waals surface area (Å²) in [4.78, 5) is 4.35. The summed E-state index contributed by atoms with van der Waals surface area (Å²) in [5.74, 6) is 2.45. The number of amidine groups is 1. The number of hydrogen-bond donors (Lipinski definition) is 1. The molecule has 4 nitrogen and oxygen atoms in total. The lowest BCUT2D eigenvalue weighted by Gasteiger charge is -2.07. The molecule has 1 aromatic carbocycles.